The van der Waals surface area contributed by atoms with Gasteiger partial charge in [-0.15, -0.1) is 0 Å². The topological polar surface area (TPSA) is 23.9 Å². The average molecular weight is 139 g/mol. The fraction of sp³-hybridized carbons (Fsp3) is 0.444. The first kappa shape index (κ1) is 11.9. The predicted molar refractivity (Wildman–Crippen MR) is 48.7 cm³/mol. The van der Waals surface area contributed by atoms with Gasteiger partial charge in [0.2, 0.25) is 0 Å². The monoisotopic (exact) mass is 139 g/mol. The summed E-state index contributed by atoms with van der Waals surface area (Å²) in [5, 5.41) is 6.95. The first-order chi connectivity index (χ1) is 4.77. The largest absolute Gasteiger partial charge is 0.306 e. The zero-order valence-electron chi connectivity index (χ0n) is 7.31. The molecule has 0 aliphatic heterocycles. The molecule has 0 atom stereocenters. The van der Waals surface area contributed by atoms with Crippen molar-refractivity contribution in [1.29, 1.82) is 5.41 Å². The molecule has 0 amide bonds. The lowest BCUT2D eigenvalue weighted by Gasteiger charge is -1.76. The molecule has 58 valence electrons. The summed E-state index contributed by atoms with van der Waals surface area (Å²) in [5.74, 6) is 0. The zero-order chi connectivity index (χ0) is 8.41. The van der Waals surface area contributed by atoms with Crippen LogP contribution in [-0.4, -0.2) is 5.71 Å². The maximum absolute atomic E-state index is 6.95. The quantitative estimate of drug-likeness (QED) is 0.449. The maximum atomic E-state index is 6.95. The molecular formula is C9H17N. The molecule has 0 rings (SSSR count). The Labute approximate surface area is 64.0 Å². The summed E-state index contributed by atoms with van der Waals surface area (Å²) in [6.45, 7) is 7.70. The lowest BCUT2D eigenvalue weighted by molar-refractivity contribution is 1.50. The predicted octanol–water partition coefficient (Wildman–Crippen LogP) is 3.18. The van der Waals surface area contributed by atoms with Gasteiger partial charge in [-0.05, 0) is 19.9 Å². The van der Waals surface area contributed by atoms with Crippen LogP contribution in [0.25, 0.3) is 0 Å². The van der Waals surface area contributed by atoms with Gasteiger partial charge < -0.3 is 5.41 Å². The number of allylic oxidation sites excluding steroid dienone is 4. The summed E-state index contributed by atoms with van der Waals surface area (Å²) in [4.78, 5) is 0. The molecule has 0 saturated carbocycles. The Morgan fingerprint density at radius 3 is 2.00 bits per heavy atom. The van der Waals surface area contributed by atoms with Crippen molar-refractivity contribution in [2.75, 3.05) is 0 Å². The lowest BCUT2D eigenvalue weighted by Crippen LogP contribution is -1.75. The van der Waals surface area contributed by atoms with Crippen LogP contribution in [0.15, 0.2) is 24.3 Å². The molecule has 10 heavy (non-hydrogen) atoms. The molecule has 1 heteroatoms. The number of hydrogen-bond acceptors (Lipinski definition) is 1. The smallest absolute Gasteiger partial charge is 0.0282 e. The van der Waals surface area contributed by atoms with Crippen molar-refractivity contribution in [1.82, 2.24) is 0 Å². The third kappa shape index (κ3) is 15.7. The minimum absolute atomic E-state index is 0.586. The molecule has 0 aromatic rings. The van der Waals surface area contributed by atoms with Crippen LogP contribution in [0.5, 0.6) is 0 Å². The van der Waals surface area contributed by atoms with Crippen LogP contribution in [0.2, 0.25) is 0 Å². The normalized spacial score (nSPS) is 9.60. The zero-order valence-corrected chi connectivity index (χ0v) is 7.31. The average Bonchev–Trinajstić information content (AvgIpc) is 1.92. The van der Waals surface area contributed by atoms with Gasteiger partial charge in [0.05, 0.1) is 0 Å². The molecule has 0 radical (unpaired) electrons. The van der Waals surface area contributed by atoms with E-state index in [0.717, 1.165) is 0 Å². The second-order valence-corrected chi connectivity index (χ2v) is 1.57. The summed E-state index contributed by atoms with van der Waals surface area (Å²) in [6.07, 6.45) is 7.43. The van der Waals surface area contributed by atoms with Crippen LogP contribution in [0.1, 0.15) is 27.7 Å². The lowest BCUT2D eigenvalue weighted by atomic mass is 10.3. The molecule has 0 aromatic carbocycles. The molecule has 0 unspecified atom stereocenters. The van der Waals surface area contributed by atoms with E-state index in [1.807, 2.05) is 39.0 Å². The van der Waals surface area contributed by atoms with Gasteiger partial charge >= 0.3 is 0 Å². The van der Waals surface area contributed by atoms with Crippen LogP contribution in [0.3, 0.4) is 0 Å². The van der Waals surface area contributed by atoms with E-state index in [-0.39, 0.29) is 0 Å². The molecule has 1 N–H and O–H groups in total. The highest BCUT2D eigenvalue weighted by Gasteiger charge is 1.69. The van der Waals surface area contributed by atoms with Gasteiger partial charge in [0.15, 0.2) is 0 Å². The summed E-state index contributed by atoms with van der Waals surface area (Å²) in [6, 6.07) is 0. The second kappa shape index (κ2) is 11.0. The van der Waals surface area contributed by atoms with Gasteiger partial charge in [-0.1, -0.05) is 32.1 Å². The molecular weight excluding hydrogens is 122 g/mol. The highest BCUT2D eigenvalue weighted by Crippen LogP contribution is 1.77. The van der Waals surface area contributed by atoms with E-state index in [1.54, 1.807) is 13.0 Å². The fourth-order valence-electron chi connectivity index (χ4n) is 0.311. The molecule has 0 fully saturated rings. The minimum Gasteiger partial charge on any atom is -0.306 e. The van der Waals surface area contributed by atoms with E-state index in [4.69, 9.17) is 5.41 Å². The Balaban J connectivity index is 0. The van der Waals surface area contributed by atoms with Crippen molar-refractivity contribution in [2.24, 2.45) is 0 Å². The molecule has 0 bridgehead atoms. The third-order valence-corrected chi connectivity index (χ3v) is 0.650. The Bertz CT molecular complexity index is 121. The summed E-state index contributed by atoms with van der Waals surface area (Å²) in [5.41, 5.74) is 0.586. The van der Waals surface area contributed by atoms with E-state index in [2.05, 4.69) is 0 Å². The van der Waals surface area contributed by atoms with Crippen molar-refractivity contribution < 1.29 is 0 Å². The number of rotatable bonds is 2. The van der Waals surface area contributed by atoms with E-state index in [9.17, 15) is 0 Å². The van der Waals surface area contributed by atoms with Gasteiger partial charge in [0.25, 0.3) is 0 Å². The fourth-order valence-corrected chi connectivity index (χ4v) is 0.311. The highest BCUT2D eigenvalue weighted by molar-refractivity contribution is 5.90. The van der Waals surface area contributed by atoms with Crippen molar-refractivity contribution in [3.8, 4) is 0 Å². The second-order valence-electron chi connectivity index (χ2n) is 1.57. The van der Waals surface area contributed by atoms with Crippen LogP contribution in [0, 0.1) is 5.41 Å². The molecule has 0 heterocycles. The summed E-state index contributed by atoms with van der Waals surface area (Å²) >= 11 is 0. The highest BCUT2D eigenvalue weighted by atomic mass is 14.4. The van der Waals surface area contributed by atoms with Crippen LogP contribution < -0.4 is 0 Å². The molecule has 0 saturated heterocycles. The van der Waals surface area contributed by atoms with Gasteiger partial charge in [-0.3, -0.25) is 0 Å². The maximum Gasteiger partial charge on any atom is 0.0282 e. The van der Waals surface area contributed by atoms with Crippen molar-refractivity contribution >= 4 is 5.71 Å². The van der Waals surface area contributed by atoms with E-state index in [1.165, 1.54) is 0 Å². The molecule has 0 aliphatic carbocycles. The number of hydrogen-bond donors (Lipinski definition) is 1. The molecule has 1 nitrogen and oxygen atoms in total. The van der Waals surface area contributed by atoms with Crippen molar-refractivity contribution in [2.45, 2.75) is 27.7 Å². The van der Waals surface area contributed by atoms with Crippen LogP contribution in [0.4, 0.5) is 0 Å². The van der Waals surface area contributed by atoms with Crippen LogP contribution in [-0.2, 0) is 0 Å². The molecule has 0 spiro atoms. The Morgan fingerprint density at radius 2 is 1.70 bits per heavy atom. The first-order valence-corrected chi connectivity index (χ1v) is 3.62. The van der Waals surface area contributed by atoms with Crippen LogP contribution >= 0.6 is 0 Å². The first-order valence-electron chi connectivity index (χ1n) is 3.62. The van der Waals surface area contributed by atoms with Crippen molar-refractivity contribution in [3.05, 3.63) is 24.3 Å². The van der Waals surface area contributed by atoms with Crippen molar-refractivity contribution in [3.63, 3.8) is 0 Å². The molecule has 0 aromatic heterocycles. The minimum atomic E-state index is 0.586. The van der Waals surface area contributed by atoms with Gasteiger partial charge in [-0.2, -0.15) is 0 Å². The van der Waals surface area contributed by atoms with E-state index < -0.39 is 0 Å². The van der Waals surface area contributed by atoms with Gasteiger partial charge in [-0.25, -0.2) is 0 Å². The third-order valence-electron chi connectivity index (χ3n) is 0.650. The summed E-state index contributed by atoms with van der Waals surface area (Å²) < 4.78 is 0. The molecule has 0 aliphatic rings. The van der Waals surface area contributed by atoms with E-state index in [0.29, 0.717) is 5.71 Å². The summed E-state index contributed by atoms with van der Waals surface area (Å²) in [7, 11) is 0. The standard InChI is InChI=1S/C7H11N.C2H6/c1-3-4-5-6-7(2)8;1-2/h3-6,8H,1-2H3;1-2H3/b4-3-,6-5-,8-7?;. The SMILES string of the molecule is C/C=C\C=C/C(C)=N.CC. The van der Waals surface area contributed by atoms with Gasteiger partial charge in [0.1, 0.15) is 0 Å². The van der Waals surface area contributed by atoms with Gasteiger partial charge in [0, 0.05) is 5.71 Å². The van der Waals surface area contributed by atoms with E-state index >= 15 is 0 Å². The Morgan fingerprint density at radius 1 is 1.20 bits per heavy atom. The Kier molecular flexibility index (Phi) is 13.1. The Hall–Kier alpha value is -0.850. The number of nitrogens with one attached hydrogen (secondary N) is 1.